The maximum absolute atomic E-state index is 14.0. The predicted molar refractivity (Wildman–Crippen MR) is 262 cm³/mol. The number of fused-ring (bicyclic) bond motifs is 3. The van der Waals surface area contributed by atoms with Crippen molar-refractivity contribution >= 4 is 81.1 Å². The van der Waals surface area contributed by atoms with Crippen molar-refractivity contribution in [2.45, 2.75) is 65.8 Å². The maximum Gasteiger partial charge on any atom is 0.245 e. The van der Waals surface area contributed by atoms with Gasteiger partial charge >= 0.3 is 0 Å². The van der Waals surface area contributed by atoms with Gasteiger partial charge in [0.25, 0.3) is 0 Å². The summed E-state index contributed by atoms with van der Waals surface area (Å²) in [6.45, 7) is 16.6. The van der Waals surface area contributed by atoms with Crippen LogP contribution < -0.4 is 15.6 Å². The van der Waals surface area contributed by atoms with E-state index in [1.54, 1.807) is 28.5 Å². The van der Waals surface area contributed by atoms with Crippen LogP contribution in [-0.2, 0) is 19.1 Å². The van der Waals surface area contributed by atoms with E-state index in [0.29, 0.717) is 71.9 Å². The Bertz CT molecular complexity index is 2460. The van der Waals surface area contributed by atoms with Gasteiger partial charge in [0.15, 0.2) is 5.82 Å². The molecule has 0 spiro atoms. The van der Waals surface area contributed by atoms with Crippen LogP contribution >= 0.6 is 46.1 Å². The summed E-state index contributed by atoms with van der Waals surface area (Å²) in [6.07, 6.45) is 3.20. The molecular formula is C47H58Cl3N11O4S. The van der Waals surface area contributed by atoms with Crippen LogP contribution in [0.4, 0.5) is 5.69 Å². The number of aromatic nitrogens is 3. The monoisotopic (exact) mass is 977 g/mol. The second-order valence-corrected chi connectivity index (χ2v) is 20.2. The number of nitrogens with one attached hydrogen (secondary N) is 2. The van der Waals surface area contributed by atoms with Gasteiger partial charge in [0, 0.05) is 79.2 Å². The number of hydrazone groups is 1. The molecule has 15 nitrogen and oxygen atoms in total. The number of nitrogens with zero attached hydrogens (tertiary/aromatic N) is 9. The molecule has 2 atom stereocenters. The summed E-state index contributed by atoms with van der Waals surface area (Å²) < 4.78 is 7.80. The number of benzene rings is 2. The number of carbonyl (C=O) groups is 3. The molecule has 6 heterocycles. The Labute approximate surface area is 405 Å². The Kier molecular flexibility index (Phi) is 15.8. The molecule has 8 rings (SSSR count). The van der Waals surface area contributed by atoms with Crippen LogP contribution in [0.1, 0.15) is 78.3 Å². The number of likely N-dealkylation sites (tertiary alicyclic amines) is 1. The first-order valence-electron chi connectivity index (χ1n) is 22.9. The normalized spacial score (nSPS) is 19.3. The van der Waals surface area contributed by atoms with Crippen LogP contribution in [0.3, 0.4) is 0 Å². The number of hydrogen-bond acceptors (Lipinski definition) is 12. The largest absolute Gasteiger partial charge is 0.370 e. The third kappa shape index (κ3) is 11.5. The number of thiophene rings is 1. The lowest BCUT2D eigenvalue weighted by Gasteiger charge is -2.39. The van der Waals surface area contributed by atoms with E-state index in [9.17, 15) is 14.4 Å². The quantitative estimate of drug-likeness (QED) is 0.122. The van der Waals surface area contributed by atoms with Gasteiger partial charge in [-0.1, -0.05) is 53.9 Å². The highest BCUT2D eigenvalue weighted by Crippen LogP contribution is 2.40. The Hall–Kier alpha value is -4.42. The van der Waals surface area contributed by atoms with Crippen LogP contribution in [0.15, 0.2) is 52.6 Å². The second-order valence-electron chi connectivity index (χ2n) is 17.7. The summed E-state index contributed by atoms with van der Waals surface area (Å²) in [5, 5.41) is 23.8. The molecule has 2 aromatic carbocycles. The number of aliphatic imine (C=N–C) groups is 1. The number of carbonyl (C=O) groups excluding carboxylic acids is 3. The lowest BCUT2D eigenvalue weighted by Crippen LogP contribution is -2.50. The number of ether oxygens (including phenoxy) is 1. The summed E-state index contributed by atoms with van der Waals surface area (Å²) in [4.78, 5) is 52.4. The molecule has 0 aliphatic carbocycles. The molecule has 0 radical (unpaired) electrons. The smallest absolute Gasteiger partial charge is 0.245 e. The van der Waals surface area contributed by atoms with Crippen molar-refractivity contribution in [1.82, 2.24) is 40.1 Å². The van der Waals surface area contributed by atoms with Gasteiger partial charge in [-0.15, -0.1) is 21.5 Å². The van der Waals surface area contributed by atoms with Gasteiger partial charge in [-0.25, -0.2) is 0 Å². The van der Waals surface area contributed by atoms with Crippen LogP contribution in [0.25, 0.3) is 5.00 Å². The van der Waals surface area contributed by atoms with Gasteiger partial charge in [-0.2, -0.15) is 5.10 Å². The number of amides is 3. The molecule has 4 aliphatic heterocycles. The van der Waals surface area contributed by atoms with Gasteiger partial charge in [0.1, 0.15) is 29.3 Å². The summed E-state index contributed by atoms with van der Waals surface area (Å²) in [6, 6.07) is 12.6. The minimum Gasteiger partial charge on any atom is -0.370 e. The molecule has 352 valence electrons. The molecular weight excluding hydrogens is 921 g/mol. The fourth-order valence-electron chi connectivity index (χ4n) is 9.03. The average Bonchev–Trinajstić information content (AvgIpc) is 3.94. The van der Waals surface area contributed by atoms with Crippen molar-refractivity contribution in [2.75, 3.05) is 83.7 Å². The molecule has 0 bridgehead atoms. The van der Waals surface area contributed by atoms with Crippen molar-refractivity contribution in [2.24, 2.45) is 21.9 Å². The Morgan fingerprint density at radius 3 is 2.39 bits per heavy atom. The summed E-state index contributed by atoms with van der Waals surface area (Å²) >= 11 is 20.2. The van der Waals surface area contributed by atoms with E-state index >= 15 is 0 Å². The summed E-state index contributed by atoms with van der Waals surface area (Å²) in [7, 11) is 0. The predicted octanol–water partition coefficient (Wildman–Crippen LogP) is 6.85. The third-order valence-corrected chi connectivity index (χ3v) is 15.2. The average molecular weight is 979 g/mol. The molecule has 2 saturated heterocycles. The summed E-state index contributed by atoms with van der Waals surface area (Å²) in [5.41, 5.74) is 4.84. The topological polar surface area (TPSA) is 153 Å². The fourth-order valence-corrected chi connectivity index (χ4v) is 10.7. The van der Waals surface area contributed by atoms with Crippen molar-refractivity contribution in [1.29, 1.82) is 0 Å². The lowest BCUT2D eigenvalue weighted by molar-refractivity contribution is -0.133. The minimum absolute atomic E-state index is 0.00908. The number of rotatable bonds is 15. The molecule has 2 fully saturated rings. The van der Waals surface area contributed by atoms with E-state index in [2.05, 4.69) is 54.1 Å². The zero-order valence-electron chi connectivity index (χ0n) is 38.0. The molecule has 2 N–H and O–H groups in total. The molecule has 4 aromatic rings. The minimum atomic E-state index is -0.481. The van der Waals surface area contributed by atoms with E-state index in [1.165, 1.54) is 10.4 Å². The van der Waals surface area contributed by atoms with Gasteiger partial charge < -0.3 is 25.2 Å². The summed E-state index contributed by atoms with van der Waals surface area (Å²) in [5.74, 6) is 2.46. The molecule has 4 aliphatic rings. The van der Waals surface area contributed by atoms with E-state index in [4.69, 9.17) is 44.5 Å². The SMILES string of the molecule is Cc1sc2c(c1C)C(c1ccc(Cl)cc1)=N[C@@H](CC(=O)N1CCN(CC3CCN(CCOCC(=O)NCCCC(=O)NC4=NN(c5ccc(Cl)c(Cl)c5)CC4C)CC3)CC1)c1nnc(C)n1-2. The molecule has 3 amide bonds. The number of piperidine rings is 1. The van der Waals surface area contributed by atoms with E-state index in [1.807, 2.05) is 49.1 Å². The van der Waals surface area contributed by atoms with Gasteiger partial charge in [-0.05, 0) is 94.9 Å². The van der Waals surface area contributed by atoms with Crippen LogP contribution in [0.2, 0.25) is 15.1 Å². The van der Waals surface area contributed by atoms with Crippen LogP contribution in [0, 0.1) is 32.6 Å². The van der Waals surface area contributed by atoms with E-state index in [-0.39, 0.29) is 43.1 Å². The molecule has 2 aromatic heterocycles. The zero-order valence-corrected chi connectivity index (χ0v) is 41.1. The first-order chi connectivity index (χ1) is 31.8. The van der Waals surface area contributed by atoms with E-state index in [0.717, 1.165) is 85.5 Å². The Morgan fingerprint density at radius 1 is 0.894 bits per heavy atom. The molecule has 19 heteroatoms. The number of piperazine rings is 1. The molecule has 0 saturated carbocycles. The number of hydrogen-bond donors (Lipinski definition) is 2. The van der Waals surface area contributed by atoms with Crippen LogP contribution in [0.5, 0.6) is 0 Å². The molecule has 1 unspecified atom stereocenters. The zero-order chi connectivity index (χ0) is 46.5. The van der Waals surface area contributed by atoms with Gasteiger partial charge in [0.2, 0.25) is 17.7 Å². The Morgan fingerprint density at radius 2 is 1.65 bits per heavy atom. The first kappa shape index (κ1) is 48.1. The highest BCUT2D eigenvalue weighted by Gasteiger charge is 2.34. The van der Waals surface area contributed by atoms with Crippen molar-refractivity contribution in [3.8, 4) is 5.00 Å². The van der Waals surface area contributed by atoms with E-state index < -0.39 is 6.04 Å². The van der Waals surface area contributed by atoms with Gasteiger partial charge in [0.05, 0.1) is 41.0 Å². The van der Waals surface area contributed by atoms with Crippen molar-refractivity contribution in [3.63, 3.8) is 0 Å². The highest BCUT2D eigenvalue weighted by molar-refractivity contribution is 7.15. The highest BCUT2D eigenvalue weighted by atomic mass is 35.5. The maximum atomic E-state index is 14.0. The van der Waals surface area contributed by atoms with Gasteiger partial charge in [-0.3, -0.25) is 33.9 Å². The molecule has 66 heavy (non-hydrogen) atoms. The number of amidine groups is 1. The Balaban J connectivity index is 0.708. The standard InChI is InChI=1S/C47H58Cl3N11O4S/c1-29-26-60(36-11-12-37(49)38(50)24-36)56-45(29)53-40(62)6-5-15-51-41(63)28-65-23-22-57-16-13-33(14-17-57)27-58-18-20-59(21-19-58)42(64)25-39-46-55-54-32(4)61(46)47-43(30(2)31(3)66-47)44(52-39)34-7-9-35(48)10-8-34/h7-12,24,29,33,39H,5-6,13-23,25-28H2,1-4H3,(H,51,63)(H,53,56,62)/t29?,39-/m0/s1. The fraction of sp³-hybridized carbons (Fsp3) is 0.511. The first-order valence-corrected chi connectivity index (χ1v) is 24.8. The number of halogens is 3. The second kappa shape index (κ2) is 21.7. The third-order valence-electron chi connectivity index (χ3n) is 13.0. The number of anilines is 1. The van der Waals surface area contributed by atoms with Crippen molar-refractivity contribution in [3.05, 3.63) is 90.7 Å². The van der Waals surface area contributed by atoms with Crippen molar-refractivity contribution < 1.29 is 19.1 Å². The van der Waals surface area contributed by atoms with Crippen LogP contribution in [-0.4, -0.2) is 137 Å². The lowest BCUT2D eigenvalue weighted by atomic mass is 9.96. The number of aryl methyl sites for hydroxylation is 2.